The number of carboxylic acid groups (broad SMARTS) is 1. The van der Waals surface area contributed by atoms with Crippen LogP contribution >= 0.6 is 0 Å². The molecule has 1 aliphatic carbocycles. The summed E-state index contributed by atoms with van der Waals surface area (Å²) in [6, 6.07) is 11.8. The topological polar surface area (TPSA) is 49.3 Å². The van der Waals surface area contributed by atoms with Crippen LogP contribution in [0, 0.1) is 5.82 Å². The van der Waals surface area contributed by atoms with E-state index in [4.69, 9.17) is 0 Å². The van der Waals surface area contributed by atoms with Gasteiger partial charge in [-0.3, -0.25) is 0 Å². The SMILES string of the molecule is O=C(O)c1ccccc1NC1CCc2c(F)cccc21. The number of para-hydroxylation sites is 1. The molecule has 0 aromatic heterocycles. The molecule has 1 unspecified atom stereocenters. The van der Waals surface area contributed by atoms with E-state index in [2.05, 4.69) is 5.32 Å². The summed E-state index contributed by atoms with van der Waals surface area (Å²) in [5, 5.41) is 12.4. The third-order valence-corrected chi connectivity index (χ3v) is 3.70. The quantitative estimate of drug-likeness (QED) is 0.896. The molecule has 3 nitrogen and oxygen atoms in total. The zero-order valence-corrected chi connectivity index (χ0v) is 10.8. The molecule has 0 bridgehead atoms. The van der Waals surface area contributed by atoms with Gasteiger partial charge < -0.3 is 10.4 Å². The summed E-state index contributed by atoms with van der Waals surface area (Å²) >= 11 is 0. The molecule has 0 heterocycles. The van der Waals surface area contributed by atoms with Gasteiger partial charge in [-0.2, -0.15) is 0 Å². The summed E-state index contributed by atoms with van der Waals surface area (Å²) in [6.07, 6.45) is 1.44. The van der Waals surface area contributed by atoms with Gasteiger partial charge in [0.15, 0.2) is 0 Å². The van der Waals surface area contributed by atoms with E-state index in [9.17, 15) is 14.3 Å². The molecular formula is C16H14FNO2. The van der Waals surface area contributed by atoms with Crippen LogP contribution in [-0.4, -0.2) is 11.1 Å². The number of aromatic carboxylic acids is 1. The summed E-state index contributed by atoms with van der Waals surface area (Å²) in [4.78, 5) is 11.2. The Kier molecular flexibility index (Phi) is 3.14. The third kappa shape index (κ3) is 2.13. The van der Waals surface area contributed by atoms with Crippen LogP contribution in [0.5, 0.6) is 0 Å². The normalized spacial score (nSPS) is 16.8. The van der Waals surface area contributed by atoms with Gasteiger partial charge in [-0.05, 0) is 42.2 Å². The van der Waals surface area contributed by atoms with Crippen molar-refractivity contribution in [1.82, 2.24) is 0 Å². The van der Waals surface area contributed by atoms with Gasteiger partial charge in [-0.1, -0.05) is 24.3 Å². The maximum Gasteiger partial charge on any atom is 0.337 e. The molecule has 2 aromatic carbocycles. The van der Waals surface area contributed by atoms with E-state index in [-0.39, 0.29) is 17.4 Å². The van der Waals surface area contributed by atoms with Crippen LogP contribution in [0.25, 0.3) is 0 Å². The number of benzene rings is 2. The Morgan fingerprint density at radius 3 is 2.80 bits per heavy atom. The van der Waals surface area contributed by atoms with Gasteiger partial charge in [-0.15, -0.1) is 0 Å². The predicted octanol–water partition coefficient (Wildman–Crippen LogP) is 3.62. The minimum atomic E-state index is -0.967. The predicted molar refractivity (Wildman–Crippen MR) is 74.5 cm³/mol. The van der Waals surface area contributed by atoms with Crippen molar-refractivity contribution >= 4 is 11.7 Å². The number of fused-ring (bicyclic) bond motifs is 1. The second kappa shape index (κ2) is 4.96. The van der Waals surface area contributed by atoms with Crippen LogP contribution in [0.4, 0.5) is 10.1 Å². The fourth-order valence-electron chi connectivity index (χ4n) is 2.74. The minimum absolute atomic E-state index is 0.0406. The lowest BCUT2D eigenvalue weighted by atomic mass is 10.1. The monoisotopic (exact) mass is 271 g/mol. The summed E-state index contributed by atoms with van der Waals surface area (Å²) in [6.45, 7) is 0. The molecule has 1 aliphatic rings. The van der Waals surface area contributed by atoms with Gasteiger partial charge in [-0.25, -0.2) is 9.18 Å². The molecule has 102 valence electrons. The highest BCUT2D eigenvalue weighted by molar-refractivity contribution is 5.94. The molecule has 0 amide bonds. The Hall–Kier alpha value is -2.36. The van der Waals surface area contributed by atoms with Crippen molar-refractivity contribution in [2.24, 2.45) is 0 Å². The van der Waals surface area contributed by atoms with E-state index in [1.165, 1.54) is 6.07 Å². The van der Waals surface area contributed by atoms with Crippen LogP contribution in [0.15, 0.2) is 42.5 Å². The van der Waals surface area contributed by atoms with E-state index in [1.807, 2.05) is 6.07 Å². The van der Waals surface area contributed by atoms with Gasteiger partial charge in [0.2, 0.25) is 0 Å². The maximum atomic E-state index is 13.7. The summed E-state index contributed by atoms with van der Waals surface area (Å²) in [7, 11) is 0. The van der Waals surface area contributed by atoms with E-state index >= 15 is 0 Å². The smallest absolute Gasteiger partial charge is 0.337 e. The lowest BCUT2D eigenvalue weighted by molar-refractivity contribution is 0.0698. The van der Waals surface area contributed by atoms with Crippen molar-refractivity contribution in [3.05, 3.63) is 65.0 Å². The number of nitrogens with one attached hydrogen (secondary N) is 1. The zero-order chi connectivity index (χ0) is 14.1. The minimum Gasteiger partial charge on any atom is -0.478 e. The van der Waals surface area contributed by atoms with E-state index < -0.39 is 5.97 Å². The van der Waals surface area contributed by atoms with Crippen LogP contribution < -0.4 is 5.32 Å². The van der Waals surface area contributed by atoms with Gasteiger partial charge in [0.25, 0.3) is 0 Å². The average Bonchev–Trinajstić information content (AvgIpc) is 2.84. The molecule has 20 heavy (non-hydrogen) atoms. The first kappa shape index (κ1) is 12.7. The molecule has 1 atom stereocenters. The molecule has 3 rings (SSSR count). The van der Waals surface area contributed by atoms with Crippen LogP contribution in [-0.2, 0) is 6.42 Å². The molecule has 2 aromatic rings. The highest BCUT2D eigenvalue weighted by Gasteiger charge is 2.25. The summed E-state index contributed by atoms with van der Waals surface area (Å²) < 4.78 is 13.7. The Balaban J connectivity index is 1.92. The highest BCUT2D eigenvalue weighted by Crippen LogP contribution is 2.35. The molecule has 0 saturated carbocycles. The van der Waals surface area contributed by atoms with Crippen molar-refractivity contribution in [3.63, 3.8) is 0 Å². The Bertz CT molecular complexity index is 669. The van der Waals surface area contributed by atoms with Crippen LogP contribution in [0.1, 0.15) is 33.9 Å². The Morgan fingerprint density at radius 1 is 1.20 bits per heavy atom. The largest absolute Gasteiger partial charge is 0.478 e. The van der Waals surface area contributed by atoms with E-state index in [0.29, 0.717) is 12.1 Å². The molecule has 4 heteroatoms. The molecular weight excluding hydrogens is 257 g/mol. The van der Waals surface area contributed by atoms with E-state index in [1.54, 1.807) is 30.3 Å². The number of carboxylic acids is 1. The van der Waals surface area contributed by atoms with Crippen molar-refractivity contribution < 1.29 is 14.3 Å². The van der Waals surface area contributed by atoms with Crippen LogP contribution in [0.3, 0.4) is 0 Å². The highest BCUT2D eigenvalue weighted by atomic mass is 19.1. The number of rotatable bonds is 3. The third-order valence-electron chi connectivity index (χ3n) is 3.70. The number of hydrogen-bond donors (Lipinski definition) is 2. The maximum absolute atomic E-state index is 13.7. The standard InChI is InChI=1S/C16H14FNO2/c17-13-6-3-5-11-10(13)8-9-15(11)18-14-7-2-1-4-12(14)16(19)20/h1-7,15,18H,8-9H2,(H,19,20). The van der Waals surface area contributed by atoms with Gasteiger partial charge >= 0.3 is 5.97 Å². The van der Waals surface area contributed by atoms with Crippen molar-refractivity contribution in [2.45, 2.75) is 18.9 Å². The molecule has 2 N–H and O–H groups in total. The average molecular weight is 271 g/mol. The number of carbonyl (C=O) groups is 1. The molecule has 0 radical (unpaired) electrons. The number of halogens is 1. The van der Waals surface area contributed by atoms with Crippen LogP contribution in [0.2, 0.25) is 0 Å². The number of hydrogen-bond acceptors (Lipinski definition) is 2. The lowest BCUT2D eigenvalue weighted by Crippen LogP contribution is -2.11. The first-order valence-electron chi connectivity index (χ1n) is 6.53. The zero-order valence-electron chi connectivity index (χ0n) is 10.8. The van der Waals surface area contributed by atoms with Gasteiger partial charge in [0.1, 0.15) is 5.82 Å². The second-order valence-corrected chi connectivity index (χ2v) is 4.89. The van der Waals surface area contributed by atoms with E-state index in [0.717, 1.165) is 17.5 Å². The molecule has 0 fully saturated rings. The van der Waals surface area contributed by atoms with Crippen molar-refractivity contribution in [2.75, 3.05) is 5.32 Å². The lowest BCUT2D eigenvalue weighted by Gasteiger charge is -2.17. The fourth-order valence-corrected chi connectivity index (χ4v) is 2.74. The summed E-state index contributed by atoms with van der Waals surface area (Å²) in [5.74, 6) is -1.15. The van der Waals surface area contributed by atoms with Crippen molar-refractivity contribution in [3.8, 4) is 0 Å². The first-order chi connectivity index (χ1) is 9.66. The fraction of sp³-hybridized carbons (Fsp3) is 0.188. The summed E-state index contributed by atoms with van der Waals surface area (Å²) in [5.41, 5.74) is 2.46. The molecule has 0 spiro atoms. The van der Waals surface area contributed by atoms with Crippen molar-refractivity contribution in [1.29, 1.82) is 0 Å². The van der Waals surface area contributed by atoms with Gasteiger partial charge in [0.05, 0.1) is 11.6 Å². The second-order valence-electron chi connectivity index (χ2n) is 4.89. The first-order valence-corrected chi connectivity index (χ1v) is 6.53. The molecule has 0 saturated heterocycles. The van der Waals surface area contributed by atoms with Gasteiger partial charge in [0, 0.05) is 5.69 Å². The Labute approximate surface area is 116 Å². The molecule has 0 aliphatic heterocycles. The number of anilines is 1. The Morgan fingerprint density at radius 2 is 2.00 bits per heavy atom.